The maximum atomic E-state index is 12.9. The normalized spacial score (nSPS) is 10.6. The number of anilines is 1. The molecule has 152 valence electrons. The van der Waals surface area contributed by atoms with E-state index < -0.39 is 5.91 Å². The summed E-state index contributed by atoms with van der Waals surface area (Å²) in [6, 6.07) is 19.0. The van der Waals surface area contributed by atoms with E-state index in [1.807, 2.05) is 6.07 Å². The van der Waals surface area contributed by atoms with E-state index in [1.54, 1.807) is 42.5 Å². The van der Waals surface area contributed by atoms with Crippen molar-refractivity contribution in [3.05, 3.63) is 94.8 Å². The number of amides is 2. The first-order valence-corrected chi connectivity index (χ1v) is 9.25. The molecule has 0 bridgehead atoms. The number of nitrogens with one attached hydrogen (secondary N) is 2. The van der Waals surface area contributed by atoms with Crippen LogP contribution in [0.25, 0.3) is 0 Å². The lowest BCUT2D eigenvalue weighted by atomic mass is 10.2. The van der Waals surface area contributed by atoms with Crippen LogP contribution in [-0.4, -0.2) is 24.6 Å². The van der Waals surface area contributed by atoms with Crippen LogP contribution in [0.5, 0.6) is 5.75 Å². The van der Waals surface area contributed by atoms with Crippen molar-refractivity contribution < 1.29 is 18.7 Å². The topological polar surface area (TPSA) is 79.8 Å². The maximum absolute atomic E-state index is 12.9. The molecular weight excluding hydrogens is 409 g/mol. The van der Waals surface area contributed by atoms with Crippen molar-refractivity contribution in [1.29, 1.82) is 0 Å². The lowest BCUT2D eigenvalue weighted by Gasteiger charge is -2.09. The Morgan fingerprint density at radius 2 is 1.77 bits per heavy atom. The molecule has 0 atom stereocenters. The van der Waals surface area contributed by atoms with Gasteiger partial charge in [-0.15, -0.1) is 0 Å². The van der Waals surface area contributed by atoms with Gasteiger partial charge in [-0.3, -0.25) is 9.59 Å². The predicted octanol–water partition coefficient (Wildman–Crippen LogP) is 4.26. The zero-order valence-corrected chi connectivity index (χ0v) is 16.4. The van der Waals surface area contributed by atoms with E-state index in [0.717, 1.165) is 0 Å². The van der Waals surface area contributed by atoms with Gasteiger partial charge in [-0.2, -0.15) is 5.10 Å². The predicted molar refractivity (Wildman–Crippen MR) is 113 cm³/mol. The number of ether oxygens (including phenoxy) is 1. The van der Waals surface area contributed by atoms with Crippen LogP contribution in [0, 0.1) is 5.82 Å². The zero-order valence-electron chi connectivity index (χ0n) is 15.6. The van der Waals surface area contributed by atoms with Crippen molar-refractivity contribution in [3.63, 3.8) is 0 Å². The van der Waals surface area contributed by atoms with E-state index in [0.29, 0.717) is 22.6 Å². The number of hydrazone groups is 1. The standard InChI is InChI=1S/C22H17ClFN3O3/c23-19-12-15(13-25-27-22(29)16-4-2-1-3-5-16)6-11-20(19)30-14-21(28)26-18-9-7-17(24)8-10-18/h1-13H,14H2,(H,26,28)(H,27,29). The summed E-state index contributed by atoms with van der Waals surface area (Å²) in [6.07, 6.45) is 1.44. The molecule has 0 aromatic heterocycles. The molecule has 30 heavy (non-hydrogen) atoms. The Morgan fingerprint density at radius 3 is 2.47 bits per heavy atom. The lowest BCUT2D eigenvalue weighted by Crippen LogP contribution is -2.20. The molecule has 0 spiro atoms. The Balaban J connectivity index is 1.51. The van der Waals surface area contributed by atoms with Crippen LogP contribution in [0.2, 0.25) is 5.02 Å². The molecule has 0 unspecified atom stereocenters. The van der Waals surface area contributed by atoms with Crippen LogP contribution in [0.4, 0.5) is 10.1 Å². The Hall–Kier alpha value is -3.71. The molecular formula is C22H17ClFN3O3. The molecule has 0 radical (unpaired) electrons. The molecule has 0 heterocycles. The van der Waals surface area contributed by atoms with Crippen molar-refractivity contribution in [2.45, 2.75) is 0 Å². The van der Waals surface area contributed by atoms with Gasteiger partial charge in [0, 0.05) is 11.3 Å². The molecule has 0 saturated carbocycles. The Morgan fingerprint density at radius 1 is 1.03 bits per heavy atom. The second-order valence-electron chi connectivity index (χ2n) is 6.10. The largest absolute Gasteiger partial charge is 0.482 e. The van der Waals surface area contributed by atoms with Crippen LogP contribution in [0.3, 0.4) is 0 Å². The van der Waals surface area contributed by atoms with Crippen molar-refractivity contribution in [1.82, 2.24) is 5.43 Å². The number of halogens is 2. The van der Waals surface area contributed by atoms with Gasteiger partial charge in [-0.25, -0.2) is 9.82 Å². The fraction of sp³-hybridized carbons (Fsp3) is 0.0455. The second kappa shape index (κ2) is 10.2. The molecule has 0 aliphatic carbocycles. The summed E-state index contributed by atoms with van der Waals surface area (Å²) < 4.78 is 18.3. The van der Waals surface area contributed by atoms with E-state index in [9.17, 15) is 14.0 Å². The molecule has 2 N–H and O–H groups in total. The second-order valence-corrected chi connectivity index (χ2v) is 6.51. The molecule has 3 rings (SSSR count). The summed E-state index contributed by atoms with van der Waals surface area (Å²) >= 11 is 6.18. The number of hydrogen-bond acceptors (Lipinski definition) is 4. The summed E-state index contributed by atoms with van der Waals surface area (Å²) in [7, 11) is 0. The fourth-order valence-corrected chi connectivity index (χ4v) is 2.65. The summed E-state index contributed by atoms with van der Waals surface area (Å²) in [5.74, 6) is -0.812. The zero-order chi connectivity index (χ0) is 21.3. The molecule has 2 amide bonds. The Labute approximate surface area is 177 Å². The van der Waals surface area contributed by atoms with Crippen LogP contribution in [0.1, 0.15) is 15.9 Å². The molecule has 0 aliphatic rings. The van der Waals surface area contributed by atoms with E-state index >= 15 is 0 Å². The SMILES string of the molecule is O=C(COc1ccc(C=NNC(=O)c2ccccc2)cc1Cl)Nc1ccc(F)cc1. The summed E-state index contributed by atoms with van der Waals surface area (Å²) in [5, 5.41) is 6.77. The molecule has 0 saturated heterocycles. The summed E-state index contributed by atoms with van der Waals surface area (Å²) in [5.41, 5.74) is 4.02. The van der Waals surface area contributed by atoms with Gasteiger partial charge in [-0.05, 0) is 60.2 Å². The maximum Gasteiger partial charge on any atom is 0.271 e. The molecule has 3 aromatic rings. The Kier molecular flexibility index (Phi) is 7.13. The minimum absolute atomic E-state index is 0.266. The van der Waals surface area contributed by atoms with Gasteiger partial charge in [-0.1, -0.05) is 29.8 Å². The quantitative estimate of drug-likeness (QED) is 0.438. The average Bonchev–Trinajstić information content (AvgIpc) is 2.75. The lowest BCUT2D eigenvalue weighted by molar-refractivity contribution is -0.118. The number of nitrogens with zero attached hydrogens (tertiary/aromatic N) is 1. The minimum atomic E-state index is -0.410. The Bertz CT molecular complexity index is 1060. The van der Waals surface area contributed by atoms with Gasteiger partial charge in [0.05, 0.1) is 11.2 Å². The molecule has 0 fully saturated rings. The third-order valence-corrected chi connectivity index (χ3v) is 4.15. The van der Waals surface area contributed by atoms with Crippen LogP contribution < -0.4 is 15.5 Å². The third-order valence-electron chi connectivity index (χ3n) is 3.86. The van der Waals surface area contributed by atoms with E-state index in [2.05, 4.69) is 15.8 Å². The average molecular weight is 426 g/mol. The summed E-state index contributed by atoms with van der Waals surface area (Å²) in [6.45, 7) is -0.266. The summed E-state index contributed by atoms with van der Waals surface area (Å²) in [4.78, 5) is 23.9. The third kappa shape index (κ3) is 6.15. The van der Waals surface area contributed by atoms with Crippen molar-refractivity contribution in [2.75, 3.05) is 11.9 Å². The van der Waals surface area contributed by atoms with Gasteiger partial charge in [0.25, 0.3) is 11.8 Å². The number of carbonyl (C=O) groups excluding carboxylic acids is 2. The number of hydrogen-bond donors (Lipinski definition) is 2. The number of benzene rings is 3. The van der Waals surface area contributed by atoms with Crippen molar-refractivity contribution in [2.24, 2.45) is 5.10 Å². The highest BCUT2D eigenvalue weighted by molar-refractivity contribution is 6.32. The van der Waals surface area contributed by atoms with E-state index in [-0.39, 0.29) is 23.4 Å². The van der Waals surface area contributed by atoms with Crippen molar-refractivity contribution >= 4 is 35.3 Å². The monoisotopic (exact) mass is 425 g/mol. The smallest absolute Gasteiger partial charge is 0.271 e. The van der Waals surface area contributed by atoms with Gasteiger partial charge in [0.2, 0.25) is 0 Å². The fourth-order valence-electron chi connectivity index (χ4n) is 2.41. The molecule has 3 aromatic carbocycles. The molecule has 8 heteroatoms. The van der Waals surface area contributed by atoms with Crippen LogP contribution in [0.15, 0.2) is 77.9 Å². The van der Waals surface area contributed by atoms with Gasteiger partial charge in [0.15, 0.2) is 6.61 Å². The highest BCUT2D eigenvalue weighted by Gasteiger charge is 2.08. The van der Waals surface area contributed by atoms with Gasteiger partial charge >= 0.3 is 0 Å². The van der Waals surface area contributed by atoms with Gasteiger partial charge in [0.1, 0.15) is 11.6 Å². The van der Waals surface area contributed by atoms with Crippen LogP contribution in [-0.2, 0) is 4.79 Å². The number of carbonyl (C=O) groups is 2. The van der Waals surface area contributed by atoms with Crippen LogP contribution >= 0.6 is 11.6 Å². The first-order chi connectivity index (χ1) is 14.5. The number of rotatable bonds is 7. The minimum Gasteiger partial charge on any atom is -0.482 e. The van der Waals surface area contributed by atoms with E-state index in [1.165, 1.54) is 30.5 Å². The van der Waals surface area contributed by atoms with E-state index in [4.69, 9.17) is 16.3 Å². The molecule has 6 nitrogen and oxygen atoms in total. The first kappa shape index (κ1) is 21.0. The highest BCUT2D eigenvalue weighted by atomic mass is 35.5. The van der Waals surface area contributed by atoms with Gasteiger partial charge < -0.3 is 10.1 Å². The molecule has 0 aliphatic heterocycles. The van der Waals surface area contributed by atoms with Crippen molar-refractivity contribution in [3.8, 4) is 5.75 Å². The first-order valence-electron chi connectivity index (χ1n) is 8.87. The highest BCUT2D eigenvalue weighted by Crippen LogP contribution is 2.25.